The van der Waals surface area contributed by atoms with Crippen molar-refractivity contribution in [1.29, 1.82) is 0 Å². The van der Waals surface area contributed by atoms with Crippen molar-refractivity contribution in [2.24, 2.45) is 5.73 Å². The molecule has 1 heterocycles. The Kier molecular flexibility index (Phi) is 3.25. The lowest BCUT2D eigenvalue weighted by Crippen LogP contribution is -2.32. The lowest BCUT2D eigenvalue weighted by molar-refractivity contribution is -0.138. The number of furan rings is 1. The maximum atomic E-state index is 10.6. The lowest BCUT2D eigenvalue weighted by atomic mass is 10.0. The monoisotopic (exact) mass is 231 g/mol. The molecule has 0 fully saturated rings. The molecule has 0 spiro atoms. The van der Waals surface area contributed by atoms with Crippen LogP contribution in [0, 0.1) is 0 Å². The Bertz CT molecular complexity index is 488. The van der Waals surface area contributed by atoms with Gasteiger partial charge in [0.25, 0.3) is 0 Å². The van der Waals surface area contributed by atoms with Gasteiger partial charge in [-0.3, -0.25) is 4.79 Å². The van der Waals surface area contributed by atoms with E-state index in [1.807, 2.05) is 36.4 Å². The molecule has 2 rings (SSSR count). The summed E-state index contributed by atoms with van der Waals surface area (Å²) in [5.74, 6) is -0.195. The van der Waals surface area contributed by atoms with Crippen molar-refractivity contribution in [2.75, 3.05) is 0 Å². The van der Waals surface area contributed by atoms with Crippen molar-refractivity contribution in [3.05, 3.63) is 48.2 Å². The van der Waals surface area contributed by atoms with Crippen LogP contribution in [0.1, 0.15) is 5.56 Å². The van der Waals surface area contributed by atoms with Crippen LogP contribution in [0.4, 0.5) is 0 Å². The molecule has 0 bridgehead atoms. The number of benzene rings is 1. The van der Waals surface area contributed by atoms with Gasteiger partial charge in [0, 0.05) is 5.56 Å². The summed E-state index contributed by atoms with van der Waals surface area (Å²) in [5, 5.41) is 8.71. The summed E-state index contributed by atoms with van der Waals surface area (Å²) < 4.78 is 5.26. The van der Waals surface area contributed by atoms with Crippen LogP contribution < -0.4 is 5.73 Å². The first-order valence-corrected chi connectivity index (χ1v) is 5.28. The van der Waals surface area contributed by atoms with Crippen LogP contribution in [0.15, 0.2) is 47.1 Å². The maximum absolute atomic E-state index is 10.6. The Balaban J connectivity index is 2.11. The van der Waals surface area contributed by atoms with E-state index in [4.69, 9.17) is 15.3 Å². The van der Waals surface area contributed by atoms with Crippen molar-refractivity contribution in [3.8, 4) is 11.3 Å². The zero-order valence-electron chi connectivity index (χ0n) is 9.17. The highest BCUT2D eigenvalue weighted by atomic mass is 16.4. The second-order valence-electron chi connectivity index (χ2n) is 3.82. The van der Waals surface area contributed by atoms with Gasteiger partial charge in [-0.25, -0.2) is 0 Å². The molecular weight excluding hydrogens is 218 g/mol. The van der Waals surface area contributed by atoms with E-state index in [1.54, 1.807) is 6.26 Å². The van der Waals surface area contributed by atoms with Crippen LogP contribution in [0.5, 0.6) is 0 Å². The number of hydrogen-bond donors (Lipinski definition) is 2. The zero-order valence-corrected chi connectivity index (χ0v) is 9.17. The molecule has 1 aromatic carbocycles. The molecule has 0 saturated heterocycles. The van der Waals surface area contributed by atoms with Crippen LogP contribution in [0.2, 0.25) is 0 Å². The lowest BCUT2D eigenvalue weighted by Gasteiger charge is -2.06. The van der Waals surface area contributed by atoms with Gasteiger partial charge in [0.05, 0.1) is 6.26 Å². The summed E-state index contributed by atoms with van der Waals surface area (Å²) in [6.07, 6.45) is 1.94. The predicted molar refractivity (Wildman–Crippen MR) is 63.5 cm³/mol. The molecule has 4 heteroatoms. The average Bonchev–Trinajstić information content (AvgIpc) is 2.83. The SMILES string of the molecule is N[C@@H](Cc1ccc(-c2ccco2)cc1)C(=O)O. The van der Waals surface area contributed by atoms with E-state index < -0.39 is 12.0 Å². The molecule has 0 unspecified atom stereocenters. The van der Waals surface area contributed by atoms with Gasteiger partial charge in [-0.05, 0) is 24.1 Å². The fourth-order valence-corrected chi connectivity index (χ4v) is 1.59. The number of hydrogen-bond acceptors (Lipinski definition) is 3. The predicted octanol–water partition coefficient (Wildman–Crippen LogP) is 1.90. The Morgan fingerprint density at radius 3 is 2.53 bits per heavy atom. The molecule has 0 aliphatic heterocycles. The van der Waals surface area contributed by atoms with Crippen molar-refractivity contribution in [1.82, 2.24) is 0 Å². The van der Waals surface area contributed by atoms with Crippen LogP contribution >= 0.6 is 0 Å². The minimum Gasteiger partial charge on any atom is -0.480 e. The van der Waals surface area contributed by atoms with E-state index in [1.165, 1.54) is 0 Å². The third kappa shape index (κ3) is 2.73. The number of rotatable bonds is 4. The summed E-state index contributed by atoms with van der Waals surface area (Å²) in [4.78, 5) is 10.6. The fraction of sp³-hybridized carbons (Fsp3) is 0.154. The molecule has 0 aliphatic rings. The smallest absolute Gasteiger partial charge is 0.320 e. The van der Waals surface area contributed by atoms with Gasteiger partial charge in [-0.2, -0.15) is 0 Å². The highest BCUT2D eigenvalue weighted by Crippen LogP contribution is 2.20. The molecule has 4 nitrogen and oxygen atoms in total. The van der Waals surface area contributed by atoms with E-state index in [-0.39, 0.29) is 0 Å². The number of aliphatic carboxylic acids is 1. The highest BCUT2D eigenvalue weighted by molar-refractivity contribution is 5.73. The van der Waals surface area contributed by atoms with Crippen LogP contribution in [-0.4, -0.2) is 17.1 Å². The fourth-order valence-electron chi connectivity index (χ4n) is 1.59. The van der Waals surface area contributed by atoms with Crippen molar-refractivity contribution in [2.45, 2.75) is 12.5 Å². The van der Waals surface area contributed by atoms with Gasteiger partial charge in [0.2, 0.25) is 0 Å². The Hall–Kier alpha value is -2.07. The molecule has 0 amide bonds. The maximum Gasteiger partial charge on any atom is 0.320 e. The van der Waals surface area contributed by atoms with Gasteiger partial charge < -0.3 is 15.3 Å². The average molecular weight is 231 g/mol. The van der Waals surface area contributed by atoms with E-state index in [0.717, 1.165) is 16.9 Å². The molecular formula is C13H13NO3. The molecule has 3 N–H and O–H groups in total. The van der Waals surface area contributed by atoms with Crippen molar-refractivity contribution >= 4 is 5.97 Å². The first-order valence-electron chi connectivity index (χ1n) is 5.28. The number of carboxylic acids is 1. The summed E-state index contributed by atoms with van der Waals surface area (Å²) in [5.41, 5.74) is 7.32. The summed E-state index contributed by atoms with van der Waals surface area (Å²) in [7, 11) is 0. The number of nitrogens with two attached hydrogens (primary N) is 1. The largest absolute Gasteiger partial charge is 0.480 e. The molecule has 1 atom stereocenters. The van der Waals surface area contributed by atoms with Gasteiger partial charge >= 0.3 is 5.97 Å². The second kappa shape index (κ2) is 4.84. The molecule has 88 valence electrons. The summed E-state index contributed by atoms with van der Waals surface area (Å²) in [6.45, 7) is 0. The minimum atomic E-state index is -0.986. The molecule has 0 aliphatic carbocycles. The van der Waals surface area contributed by atoms with Crippen LogP contribution in [-0.2, 0) is 11.2 Å². The van der Waals surface area contributed by atoms with Gasteiger partial charge in [0.15, 0.2) is 0 Å². The normalized spacial score (nSPS) is 12.3. The second-order valence-corrected chi connectivity index (χ2v) is 3.82. The van der Waals surface area contributed by atoms with Gasteiger partial charge in [-0.15, -0.1) is 0 Å². The van der Waals surface area contributed by atoms with Crippen molar-refractivity contribution in [3.63, 3.8) is 0 Å². The quantitative estimate of drug-likeness (QED) is 0.842. The van der Waals surface area contributed by atoms with Crippen LogP contribution in [0.25, 0.3) is 11.3 Å². The standard InChI is InChI=1S/C13H13NO3/c14-11(13(15)16)8-9-3-5-10(6-4-9)12-2-1-7-17-12/h1-7,11H,8,14H2,(H,15,16)/t11-/m0/s1. The topological polar surface area (TPSA) is 76.5 Å². The number of carboxylic acid groups (broad SMARTS) is 1. The van der Waals surface area contributed by atoms with E-state index in [2.05, 4.69) is 0 Å². The molecule has 17 heavy (non-hydrogen) atoms. The van der Waals surface area contributed by atoms with Gasteiger partial charge in [-0.1, -0.05) is 24.3 Å². The highest BCUT2D eigenvalue weighted by Gasteiger charge is 2.11. The van der Waals surface area contributed by atoms with Crippen molar-refractivity contribution < 1.29 is 14.3 Å². The zero-order chi connectivity index (χ0) is 12.3. The molecule has 0 radical (unpaired) electrons. The number of carbonyl (C=O) groups is 1. The van der Waals surface area contributed by atoms with E-state index in [9.17, 15) is 4.79 Å². The molecule has 0 saturated carbocycles. The first kappa shape index (κ1) is 11.4. The molecule has 2 aromatic rings. The Morgan fingerprint density at radius 1 is 1.29 bits per heavy atom. The summed E-state index contributed by atoms with van der Waals surface area (Å²) in [6, 6.07) is 10.3. The van der Waals surface area contributed by atoms with E-state index in [0.29, 0.717) is 6.42 Å². The first-order chi connectivity index (χ1) is 8.16. The van der Waals surface area contributed by atoms with E-state index >= 15 is 0 Å². The summed E-state index contributed by atoms with van der Waals surface area (Å²) >= 11 is 0. The third-order valence-electron chi connectivity index (χ3n) is 2.53. The van der Waals surface area contributed by atoms with Gasteiger partial charge in [0.1, 0.15) is 11.8 Å². The molecule has 1 aromatic heterocycles. The van der Waals surface area contributed by atoms with Crippen LogP contribution in [0.3, 0.4) is 0 Å². The Morgan fingerprint density at radius 2 is 2.00 bits per heavy atom. The Labute approximate surface area is 98.7 Å². The minimum absolute atomic E-state index is 0.327. The third-order valence-corrected chi connectivity index (χ3v) is 2.53.